The van der Waals surface area contributed by atoms with Crippen molar-refractivity contribution in [1.82, 2.24) is 4.98 Å². The maximum atomic E-state index is 10.2. The zero-order chi connectivity index (χ0) is 10.4. The molecule has 0 N–H and O–H groups in total. The summed E-state index contributed by atoms with van der Waals surface area (Å²) in [6.45, 7) is 0. The number of hydrogen-bond acceptors (Lipinski definition) is 4. The van der Waals surface area contributed by atoms with Gasteiger partial charge in [0.05, 0.1) is 20.4 Å². The van der Waals surface area contributed by atoms with E-state index in [-0.39, 0.29) is 0 Å². The number of allylic oxidation sites excluding steroid dienone is 1. The lowest BCUT2D eigenvalue weighted by molar-refractivity contribution is -0.104. The molecule has 14 heavy (non-hydrogen) atoms. The quantitative estimate of drug-likeness (QED) is 0.534. The zero-order valence-electron chi connectivity index (χ0n) is 8.06. The first-order valence-electron chi connectivity index (χ1n) is 4.01. The summed E-state index contributed by atoms with van der Waals surface area (Å²) in [5.74, 6) is 1.08. The Bertz CT molecular complexity index is 347. The molecule has 1 rings (SSSR count). The van der Waals surface area contributed by atoms with E-state index in [0.29, 0.717) is 17.9 Å². The van der Waals surface area contributed by atoms with Crippen molar-refractivity contribution in [3.05, 3.63) is 23.9 Å². The number of ether oxygens (including phenoxy) is 2. The van der Waals surface area contributed by atoms with Crippen LogP contribution >= 0.6 is 0 Å². The second-order valence-corrected chi connectivity index (χ2v) is 2.46. The fourth-order valence-electron chi connectivity index (χ4n) is 0.994. The predicted octanol–water partition coefficient (Wildman–Crippen LogP) is 1.31. The first-order valence-corrected chi connectivity index (χ1v) is 4.01. The highest BCUT2D eigenvalue weighted by molar-refractivity contribution is 5.75. The molecule has 0 bridgehead atoms. The molecule has 0 saturated carbocycles. The van der Waals surface area contributed by atoms with Crippen molar-refractivity contribution in [3.8, 4) is 11.6 Å². The van der Waals surface area contributed by atoms with Crippen molar-refractivity contribution in [3.63, 3.8) is 0 Å². The van der Waals surface area contributed by atoms with Crippen molar-refractivity contribution in [2.24, 2.45) is 0 Å². The van der Waals surface area contributed by atoms with E-state index in [1.165, 1.54) is 13.2 Å². The lowest BCUT2D eigenvalue weighted by atomic mass is 10.2. The van der Waals surface area contributed by atoms with Crippen LogP contribution in [0, 0.1) is 0 Å². The van der Waals surface area contributed by atoms with Crippen molar-refractivity contribution >= 4 is 12.4 Å². The molecule has 0 spiro atoms. The van der Waals surface area contributed by atoms with E-state index in [9.17, 15) is 4.79 Å². The Hall–Kier alpha value is -1.84. The summed E-state index contributed by atoms with van der Waals surface area (Å²) in [6.07, 6.45) is 5.27. The molecule has 0 aromatic carbocycles. The minimum atomic E-state index is 0.483. The maximum absolute atomic E-state index is 10.2. The Morgan fingerprint density at radius 3 is 2.71 bits per heavy atom. The molecule has 0 aliphatic heterocycles. The van der Waals surface area contributed by atoms with Crippen LogP contribution in [-0.2, 0) is 4.79 Å². The van der Waals surface area contributed by atoms with Gasteiger partial charge in [-0.1, -0.05) is 0 Å². The Morgan fingerprint density at radius 1 is 1.36 bits per heavy atom. The zero-order valence-corrected chi connectivity index (χ0v) is 8.06. The molecular formula is C10H11NO3. The third-order valence-electron chi connectivity index (χ3n) is 1.66. The Morgan fingerprint density at radius 2 is 2.14 bits per heavy atom. The number of rotatable bonds is 4. The smallest absolute Gasteiger partial charge is 0.213 e. The van der Waals surface area contributed by atoms with Gasteiger partial charge in [0, 0.05) is 11.6 Å². The normalized spacial score (nSPS) is 10.1. The summed E-state index contributed by atoms with van der Waals surface area (Å²) in [5.41, 5.74) is 0.756. The number of pyridine rings is 1. The molecule has 0 amide bonds. The average molecular weight is 193 g/mol. The van der Waals surface area contributed by atoms with Crippen LogP contribution in [0.25, 0.3) is 6.08 Å². The van der Waals surface area contributed by atoms with E-state index < -0.39 is 0 Å². The molecule has 1 heterocycles. The van der Waals surface area contributed by atoms with Gasteiger partial charge in [-0.25, -0.2) is 4.98 Å². The molecule has 0 unspecified atom stereocenters. The lowest BCUT2D eigenvalue weighted by Gasteiger charge is -2.05. The minimum absolute atomic E-state index is 0.483. The first-order chi connectivity index (χ1) is 6.81. The molecule has 0 saturated heterocycles. The van der Waals surface area contributed by atoms with E-state index in [1.807, 2.05) is 0 Å². The van der Waals surface area contributed by atoms with Crippen LogP contribution in [0.3, 0.4) is 0 Å². The second kappa shape index (κ2) is 5.01. The summed E-state index contributed by atoms with van der Waals surface area (Å²) in [4.78, 5) is 14.1. The van der Waals surface area contributed by atoms with Gasteiger partial charge in [-0.2, -0.15) is 0 Å². The Balaban J connectivity index is 3.07. The molecule has 0 aliphatic rings. The molecule has 74 valence electrons. The van der Waals surface area contributed by atoms with Gasteiger partial charge in [-0.05, 0) is 12.2 Å². The summed E-state index contributed by atoms with van der Waals surface area (Å²) in [6, 6.07) is 1.69. The minimum Gasteiger partial charge on any atom is -0.495 e. The average Bonchev–Trinajstić information content (AvgIpc) is 2.25. The van der Waals surface area contributed by atoms with Gasteiger partial charge in [0.2, 0.25) is 5.88 Å². The van der Waals surface area contributed by atoms with Crippen molar-refractivity contribution in [1.29, 1.82) is 0 Å². The van der Waals surface area contributed by atoms with E-state index in [2.05, 4.69) is 4.98 Å². The van der Waals surface area contributed by atoms with Gasteiger partial charge >= 0.3 is 0 Å². The van der Waals surface area contributed by atoms with E-state index in [0.717, 1.165) is 5.56 Å². The number of methoxy groups -OCH3 is 2. The highest BCUT2D eigenvalue weighted by Crippen LogP contribution is 2.22. The van der Waals surface area contributed by atoms with Crippen molar-refractivity contribution in [2.45, 2.75) is 0 Å². The molecule has 1 aromatic rings. The van der Waals surface area contributed by atoms with E-state index in [1.54, 1.807) is 25.4 Å². The number of aromatic nitrogens is 1. The Kier molecular flexibility index (Phi) is 3.67. The summed E-state index contributed by atoms with van der Waals surface area (Å²) in [7, 11) is 3.07. The van der Waals surface area contributed by atoms with Crippen LogP contribution in [0.4, 0.5) is 0 Å². The van der Waals surface area contributed by atoms with E-state index in [4.69, 9.17) is 9.47 Å². The molecule has 4 heteroatoms. The summed E-state index contributed by atoms with van der Waals surface area (Å²) in [5, 5.41) is 0. The molecule has 0 atom stereocenters. The third kappa shape index (κ3) is 2.32. The molecular weight excluding hydrogens is 182 g/mol. The molecule has 0 radical (unpaired) electrons. The van der Waals surface area contributed by atoms with Crippen molar-refractivity contribution in [2.75, 3.05) is 14.2 Å². The van der Waals surface area contributed by atoms with Crippen LogP contribution < -0.4 is 9.47 Å². The fraction of sp³-hybridized carbons (Fsp3) is 0.200. The topological polar surface area (TPSA) is 48.4 Å². The molecule has 0 aliphatic carbocycles. The third-order valence-corrected chi connectivity index (χ3v) is 1.66. The number of nitrogens with zero attached hydrogens (tertiary/aromatic N) is 1. The van der Waals surface area contributed by atoms with Crippen LogP contribution in [0.1, 0.15) is 5.56 Å². The number of aldehydes is 1. The van der Waals surface area contributed by atoms with Gasteiger partial charge in [0.1, 0.15) is 12.0 Å². The fourth-order valence-corrected chi connectivity index (χ4v) is 0.994. The largest absolute Gasteiger partial charge is 0.495 e. The van der Waals surface area contributed by atoms with Gasteiger partial charge in [0.15, 0.2) is 0 Å². The van der Waals surface area contributed by atoms with Crippen LogP contribution in [0.2, 0.25) is 0 Å². The lowest BCUT2D eigenvalue weighted by Crippen LogP contribution is -1.92. The maximum Gasteiger partial charge on any atom is 0.213 e. The predicted molar refractivity (Wildman–Crippen MR) is 52.4 cm³/mol. The monoisotopic (exact) mass is 193 g/mol. The standard InChI is InChI=1S/C10H11NO3/c1-13-9-7-11-10(14-2)6-8(9)4-3-5-12/h3-7H,1-2H3/b4-3+. The van der Waals surface area contributed by atoms with Gasteiger partial charge in [-0.3, -0.25) is 4.79 Å². The number of carbonyl (C=O) groups is 1. The van der Waals surface area contributed by atoms with Gasteiger partial charge < -0.3 is 9.47 Å². The second-order valence-electron chi connectivity index (χ2n) is 2.46. The summed E-state index contributed by atoms with van der Waals surface area (Å²) < 4.78 is 10.0. The number of carbonyl (C=O) groups excluding carboxylic acids is 1. The van der Waals surface area contributed by atoms with E-state index >= 15 is 0 Å². The van der Waals surface area contributed by atoms with Crippen LogP contribution in [0.15, 0.2) is 18.3 Å². The first kappa shape index (κ1) is 10.2. The number of hydrogen-bond donors (Lipinski definition) is 0. The molecule has 0 fully saturated rings. The molecule has 4 nitrogen and oxygen atoms in total. The SMILES string of the molecule is COc1cc(/C=C/C=O)c(OC)cn1. The van der Waals surface area contributed by atoms with Gasteiger partial charge in [-0.15, -0.1) is 0 Å². The van der Waals surface area contributed by atoms with Gasteiger partial charge in [0.25, 0.3) is 0 Å². The molecule has 1 aromatic heterocycles. The highest BCUT2D eigenvalue weighted by Gasteiger charge is 2.02. The Labute approximate surface area is 82.2 Å². The summed E-state index contributed by atoms with van der Waals surface area (Å²) >= 11 is 0. The van der Waals surface area contributed by atoms with Crippen LogP contribution in [0.5, 0.6) is 11.6 Å². The van der Waals surface area contributed by atoms with Crippen LogP contribution in [-0.4, -0.2) is 25.5 Å². The highest BCUT2D eigenvalue weighted by atomic mass is 16.5. The van der Waals surface area contributed by atoms with Crippen molar-refractivity contribution < 1.29 is 14.3 Å².